The SMILES string of the molecule is OCCNc1ncnc2c1ncn2[C@H]1CN(Cc2ccncc2)C[C@@H](CO)O1. The van der Waals surface area contributed by atoms with Crippen LogP contribution in [0, 0.1) is 0 Å². The van der Waals surface area contributed by atoms with Crippen molar-refractivity contribution in [2.24, 2.45) is 0 Å². The van der Waals surface area contributed by atoms with Crippen molar-refractivity contribution in [3.8, 4) is 0 Å². The molecule has 0 spiro atoms. The Balaban J connectivity index is 1.58. The topological polar surface area (TPSA) is 121 Å². The molecular formula is C18H23N7O3. The predicted octanol–water partition coefficient (Wildman–Crippen LogP) is 0.0174. The van der Waals surface area contributed by atoms with Gasteiger partial charge in [0, 0.05) is 38.6 Å². The average Bonchev–Trinajstić information content (AvgIpc) is 3.17. The summed E-state index contributed by atoms with van der Waals surface area (Å²) in [4.78, 5) is 19.3. The Hall–Kier alpha value is -2.66. The summed E-state index contributed by atoms with van der Waals surface area (Å²) in [5.74, 6) is 0.570. The molecule has 3 aromatic rings. The Bertz CT molecular complexity index is 905. The molecule has 0 unspecified atom stereocenters. The molecule has 3 aromatic heterocycles. The summed E-state index contributed by atoms with van der Waals surface area (Å²) >= 11 is 0. The lowest BCUT2D eigenvalue weighted by Crippen LogP contribution is -2.46. The number of rotatable bonds is 7. The van der Waals surface area contributed by atoms with Gasteiger partial charge in [-0.15, -0.1) is 0 Å². The number of morpholine rings is 1. The number of nitrogens with zero attached hydrogens (tertiary/aromatic N) is 6. The Morgan fingerprint density at radius 2 is 2.00 bits per heavy atom. The van der Waals surface area contributed by atoms with Gasteiger partial charge in [-0.2, -0.15) is 0 Å². The molecule has 1 aliphatic rings. The van der Waals surface area contributed by atoms with Crippen LogP contribution in [0.15, 0.2) is 37.2 Å². The van der Waals surface area contributed by atoms with E-state index in [0.29, 0.717) is 36.6 Å². The van der Waals surface area contributed by atoms with Gasteiger partial charge in [0.25, 0.3) is 0 Å². The van der Waals surface area contributed by atoms with E-state index in [1.165, 1.54) is 6.33 Å². The number of imidazole rings is 1. The van der Waals surface area contributed by atoms with Gasteiger partial charge in [0.15, 0.2) is 17.0 Å². The summed E-state index contributed by atoms with van der Waals surface area (Å²) in [7, 11) is 0. The highest BCUT2D eigenvalue weighted by Gasteiger charge is 2.30. The van der Waals surface area contributed by atoms with E-state index in [1.54, 1.807) is 18.7 Å². The van der Waals surface area contributed by atoms with Gasteiger partial charge in [-0.05, 0) is 17.7 Å². The third-order valence-electron chi connectivity index (χ3n) is 4.66. The Kier molecular flexibility index (Phi) is 5.72. The van der Waals surface area contributed by atoms with Gasteiger partial charge in [0.2, 0.25) is 0 Å². The van der Waals surface area contributed by atoms with E-state index in [2.05, 4.69) is 30.2 Å². The molecule has 0 amide bonds. The van der Waals surface area contributed by atoms with Crippen molar-refractivity contribution in [1.82, 2.24) is 29.4 Å². The van der Waals surface area contributed by atoms with E-state index in [9.17, 15) is 5.11 Å². The van der Waals surface area contributed by atoms with Crippen LogP contribution in [0.4, 0.5) is 5.82 Å². The van der Waals surface area contributed by atoms with Gasteiger partial charge in [-0.25, -0.2) is 15.0 Å². The van der Waals surface area contributed by atoms with Crippen molar-refractivity contribution < 1.29 is 14.9 Å². The highest BCUT2D eigenvalue weighted by atomic mass is 16.5. The molecule has 1 fully saturated rings. The van der Waals surface area contributed by atoms with Crippen LogP contribution < -0.4 is 5.32 Å². The second kappa shape index (κ2) is 8.57. The van der Waals surface area contributed by atoms with Crippen LogP contribution in [-0.4, -0.2) is 78.6 Å². The molecule has 10 nitrogen and oxygen atoms in total. The maximum atomic E-state index is 9.70. The van der Waals surface area contributed by atoms with E-state index >= 15 is 0 Å². The average molecular weight is 385 g/mol. The predicted molar refractivity (Wildman–Crippen MR) is 101 cm³/mol. The van der Waals surface area contributed by atoms with Crippen molar-refractivity contribution >= 4 is 17.0 Å². The molecule has 0 aromatic carbocycles. The minimum Gasteiger partial charge on any atom is -0.395 e. The molecule has 4 rings (SSSR count). The summed E-state index contributed by atoms with van der Waals surface area (Å²) in [5.41, 5.74) is 2.41. The van der Waals surface area contributed by atoms with Crippen molar-refractivity contribution in [2.75, 3.05) is 38.2 Å². The van der Waals surface area contributed by atoms with Crippen LogP contribution in [0.5, 0.6) is 0 Å². The number of pyridine rings is 1. The number of hydrogen-bond donors (Lipinski definition) is 3. The van der Waals surface area contributed by atoms with Crippen LogP contribution in [0.2, 0.25) is 0 Å². The van der Waals surface area contributed by atoms with E-state index in [0.717, 1.165) is 12.1 Å². The summed E-state index contributed by atoms with van der Waals surface area (Å²) < 4.78 is 7.94. The van der Waals surface area contributed by atoms with Crippen LogP contribution in [-0.2, 0) is 11.3 Å². The van der Waals surface area contributed by atoms with Gasteiger partial charge in [0.05, 0.1) is 25.6 Å². The monoisotopic (exact) mass is 385 g/mol. The molecule has 28 heavy (non-hydrogen) atoms. The van der Waals surface area contributed by atoms with E-state index in [1.807, 2.05) is 16.7 Å². The fraction of sp³-hybridized carbons (Fsp3) is 0.444. The minimum atomic E-state index is -0.335. The number of hydrogen-bond acceptors (Lipinski definition) is 9. The lowest BCUT2D eigenvalue weighted by molar-refractivity contribution is -0.135. The Morgan fingerprint density at radius 1 is 1.14 bits per heavy atom. The molecule has 1 aliphatic heterocycles. The molecular weight excluding hydrogens is 362 g/mol. The lowest BCUT2D eigenvalue weighted by Gasteiger charge is -2.37. The summed E-state index contributed by atoms with van der Waals surface area (Å²) in [6.07, 6.45) is 6.06. The molecule has 1 saturated heterocycles. The second-order valence-electron chi connectivity index (χ2n) is 6.64. The molecule has 0 aliphatic carbocycles. The van der Waals surface area contributed by atoms with Gasteiger partial charge in [0.1, 0.15) is 12.6 Å². The summed E-state index contributed by atoms with van der Waals surface area (Å²) in [6, 6.07) is 3.97. The molecule has 2 atom stereocenters. The van der Waals surface area contributed by atoms with Crippen molar-refractivity contribution in [3.63, 3.8) is 0 Å². The number of anilines is 1. The van der Waals surface area contributed by atoms with Crippen LogP contribution in [0.3, 0.4) is 0 Å². The van der Waals surface area contributed by atoms with Gasteiger partial charge < -0.3 is 20.3 Å². The summed E-state index contributed by atoms with van der Waals surface area (Å²) in [5, 5.41) is 21.8. The molecule has 0 radical (unpaired) electrons. The summed E-state index contributed by atoms with van der Waals surface area (Å²) in [6.45, 7) is 2.33. The van der Waals surface area contributed by atoms with Gasteiger partial charge in [-0.1, -0.05) is 0 Å². The molecule has 0 bridgehead atoms. The molecule has 0 saturated carbocycles. The third-order valence-corrected chi connectivity index (χ3v) is 4.66. The highest BCUT2D eigenvalue weighted by Crippen LogP contribution is 2.26. The van der Waals surface area contributed by atoms with E-state index in [4.69, 9.17) is 9.84 Å². The van der Waals surface area contributed by atoms with Crippen molar-refractivity contribution in [1.29, 1.82) is 0 Å². The highest BCUT2D eigenvalue weighted by molar-refractivity contribution is 5.82. The first-order valence-electron chi connectivity index (χ1n) is 9.18. The maximum absolute atomic E-state index is 9.70. The fourth-order valence-electron chi connectivity index (χ4n) is 3.39. The standard InChI is InChI=1S/C18H23N7O3/c26-6-5-20-17-16-18(22-11-21-17)25(12-23-16)15-9-24(8-14(10-27)28-15)7-13-1-3-19-4-2-13/h1-4,11-12,14-15,26-27H,5-10H2,(H,20,21,22)/t14-,15+/m0/s1. The molecule has 4 heterocycles. The van der Waals surface area contributed by atoms with Gasteiger partial charge in [-0.3, -0.25) is 14.5 Å². The first kappa shape index (κ1) is 18.7. The molecule has 3 N–H and O–H groups in total. The number of aliphatic hydroxyl groups is 2. The number of aromatic nitrogens is 5. The number of aliphatic hydroxyl groups excluding tert-OH is 2. The number of ether oxygens (including phenoxy) is 1. The number of nitrogens with one attached hydrogen (secondary N) is 1. The first-order chi connectivity index (χ1) is 13.8. The van der Waals surface area contributed by atoms with E-state index < -0.39 is 0 Å². The van der Waals surface area contributed by atoms with Crippen LogP contribution in [0.1, 0.15) is 11.8 Å². The smallest absolute Gasteiger partial charge is 0.167 e. The quantitative estimate of drug-likeness (QED) is 0.516. The normalized spacial score (nSPS) is 20.5. The largest absolute Gasteiger partial charge is 0.395 e. The Labute approximate surface area is 161 Å². The maximum Gasteiger partial charge on any atom is 0.167 e. The molecule has 148 valence electrons. The van der Waals surface area contributed by atoms with E-state index in [-0.39, 0.29) is 25.5 Å². The zero-order valence-corrected chi connectivity index (χ0v) is 15.3. The van der Waals surface area contributed by atoms with Crippen molar-refractivity contribution in [3.05, 3.63) is 42.7 Å². The van der Waals surface area contributed by atoms with Crippen LogP contribution >= 0.6 is 0 Å². The van der Waals surface area contributed by atoms with Crippen LogP contribution in [0.25, 0.3) is 11.2 Å². The second-order valence-corrected chi connectivity index (χ2v) is 6.64. The first-order valence-corrected chi connectivity index (χ1v) is 9.18. The Morgan fingerprint density at radius 3 is 2.79 bits per heavy atom. The minimum absolute atomic E-state index is 0.0000862. The third kappa shape index (κ3) is 3.94. The zero-order valence-electron chi connectivity index (χ0n) is 15.3. The fourth-order valence-corrected chi connectivity index (χ4v) is 3.39. The lowest BCUT2D eigenvalue weighted by atomic mass is 10.2. The zero-order chi connectivity index (χ0) is 19.3. The molecule has 10 heteroatoms. The van der Waals surface area contributed by atoms with Gasteiger partial charge >= 0.3 is 0 Å². The van der Waals surface area contributed by atoms with Crippen molar-refractivity contribution in [2.45, 2.75) is 18.9 Å². The number of fused-ring (bicyclic) bond motifs is 1.